The number of fused-ring (bicyclic) bond motifs is 2. The topological polar surface area (TPSA) is 113 Å². The van der Waals surface area contributed by atoms with E-state index in [0.717, 1.165) is 69.3 Å². The van der Waals surface area contributed by atoms with Crippen LogP contribution in [-0.2, 0) is 16.0 Å². The van der Waals surface area contributed by atoms with Crippen molar-refractivity contribution in [1.29, 1.82) is 0 Å². The van der Waals surface area contributed by atoms with Crippen molar-refractivity contribution in [2.45, 2.75) is 64.8 Å². The van der Waals surface area contributed by atoms with Gasteiger partial charge >= 0.3 is 0 Å². The number of H-pyrrole nitrogens is 2. The maximum Gasteiger partial charge on any atom is 0.225 e. The van der Waals surface area contributed by atoms with Gasteiger partial charge in [0.25, 0.3) is 0 Å². The smallest absolute Gasteiger partial charge is 0.225 e. The second-order valence-corrected chi connectivity index (χ2v) is 10.5. The number of pyridine rings is 1. The Morgan fingerprint density at radius 1 is 1.02 bits per heavy atom. The van der Waals surface area contributed by atoms with Gasteiger partial charge in [-0.1, -0.05) is 44.0 Å². The van der Waals surface area contributed by atoms with E-state index < -0.39 is 0 Å². The third-order valence-corrected chi connectivity index (χ3v) is 7.69. The Morgan fingerprint density at radius 2 is 1.88 bits per heavy atom. The lowest BCUT2D eigenvalue weighted by Gasteiger charge is -2.17. The molecule has 5 rings (SSSR count). The third-order valence-electron chi connectivity index (χ3n) is 7.69. The van der Waals surface area contributed by atoms with E-state index in [4.69, 9.17) is 9.72 Å². The number of imidazole rings is 1. The largest absolute Gasteiger partial charge is 0.497 e. The summed E-state index contributed by atoms with van der Waals surface area (Å²) >= 11 is 0. The number of aromatic amines is 2. The van der Waals surface area contributed by atoms with Crippen LogP contribution in [0, 0.1) is 6.92 Å². The van der Waals surface area contributed by atoms with Crippen molar-refractivity contribution in [3.63, 3.8) is 0 Å². The van der Waals surface area contributed by atoms with Gasteiger partial charge < -0.3 is 20.0 Å². The number of ether oxygens (including phenoxy) is 1. The van der Waals surface area contributed by atoms with Crippen LogP contribution >= 0.6 is 0 Å². The minimum Gasteiger partial charge on any atom is -0.497 e. The van der Waals surface area contributed by atoms with E-state index >= 15 is 0 Å². The summed E-state index contributed by atoms with van der Waals surface area (Å²) in [5.74, 6) is 1.68. The number of aromatic nitrogens is 4. The number of benzene rings is 2. The molecule has 8 heteroatoms. The molecule has 0 bridgehead atoms. The van der Waals surface area contributed by atoms with Crippen LogP contribution in [0.25, 0.3) is 33.1 Å². The summed E-state index contributed by atoms with van der Waals surface area (Å²) in [7, 11) is 1.64. The minimum absolute atomic E-state index is 0.0761. The maximum absolute atomic E-state index is 13.5. The van der Waals surface area contributed by atoms with Gasteiger partial charge in [0, 0.05) is 46.6 Å². The van der Waals surface area contributed by atoms with Crippen molar-refractivity contribution in [2.24, 2.45) is 0 Å². The minimum atomic E-state index is -0.291. The number of amides is 1. The van der Waals surface area contributed by atoms with Crippen LogP contribution in [0.3, 0.4) is 0 Å². The zero-order valence-electron chi connectivity index (χ0n) is 23.9. The van der Waals surface area contributed by atoms with Gasteiger partial charge in [0.2, 0.25) is 5.91 Å². The van der Waals surface area contributed by atoms with Crippen molar-refractivity contribution < 1.29 is 14.3 Å². The van der Waals surface area contributed by atoms with Crippen molar-refractivity contribution in [3.8, 4) is 17.0 Å². The Hall–Kier alpha value is -4.46. The van der Waals surface area contributed by atoms with Crippen LogP contribution in [0.4, 0.5) is 0 Å². The summed E-state index contributed by atoms with van der Waals surface area (Å²) in [6, 6.07) is 15.6. The fourth-order valence-corrected chi connectivity index (χ4v) is 5.40. The summed E-state index contributed by atoms with van der Waals surface area (Å²) in [6.07, 6.45) is 8.39. The van der Waals surface area contributed by atoms with E-state index in [1.807, 2.05) is 68.6 Å². The van der Waals surface area contributed by atoms with Gasteiger partial charge in [-0.05, 0) is 49.6 Å². The Bertz CT molecular complexity index is 1660. The first-order valence-electron chi connectivity index (χ1n) is 14.3. The number of aryl methyl sites for hydroxylation is 1. The van der Waals surface area contributed by atoms with E-state index in [1.54, 1.807) is 13.3 Å². The molecular weight excluding hydrogens is 514 g/mol. The molecule has 0 spiro atoms. The molecule has 0 aliphatic rings. The number of unbranched alkanes of at least 4 members (excludes halogenated alkanes) is 2. The molecule has 0 aliphatic heterocycles. The summed E-state index contributed by atoms with van der Waals surface area (Å²) in [5, 5.41) is 5.28. The molecule has 0 fully saturated rings. The van der Waals surface area contributed by atoms with Crippen LogP contribution in [0.1, 0.15) is 68.6 Å². The van der Waals surface area contributed by atoms with Crippen LogP contribution < -0.4 is 10.1 Å². The van der Waals surface area contributed by atoms with E-state index in [1.165, 1.54) is 0 Å². The molecule has 8 nitrogen and oxygen atoms in total. The molecule has 2 aromatic carbocycles. The number of hydrogen-bond donors (Lipinski definition) is 3. The molecule has 0 unspecified atom stereocenters. The zero-order chi connectivity index (χ0) is 28.8. The molecular formula is C33H37N5O3. The predicted molar refractivity (Wildman–Crippen MR) is 162 cm³/mol. The standard InChI is InChI=1S/C33H37N5O3/c1-4-23(39)12-6-5-7-14-29(33-35-20-30(38-33)25-13-8-10-22-11-9-17-34-32(22)25)37-31(40)19-26-21(2)36-28-16-15-24(41-3)18-27(26)28/h8-11,13,15-18,20,29,36H,4-7,12,14,19H2,1-3H3,(H,35,38)(H,37,40)/t29-/m0/s1. The number of Topliss-reactive ketones (excluding diaryl/α,β-unsaturated/α-hetero) is 1. The molecule has 1 atom stereocenters. The molecule has 0 aliphatic carbocycles. The molecule has 0 saturated heterocycles. The highest BCUT2D eigenvalue weighted by atomic mass is 16.5. The molecule has 41 heavy (non-hydrogen) atoms. The lowest BCUT2D eigenvalue weighted by atomic mass is 10.0. The zero-order valence-corrected chi connectivity index (χ0v) is 23.9. The van der Waals surface area contributed by atoms with Crippen LogP contribution in [-0.4, -0.2) is 38.7 Å². The number of carbonyl (C=O) groups is 2. The van der Waals surface area contributed by atoms with Gasteiger partial charge in [0.05, 0.1) is 37.0 Å². The number of hydrogen-bond acceptors (Lipinski definition) is 5. The van der Waals surface area contributed by atoms with E-state index in [0.29, 0.717) is 30.9 Å². The highest BCUT2D eigenvalue weighted by molar-refractivity contribution is 5.93. The molecule has 0 radical (unpaired) electrons. The fourth-order valence-electron chi connectivity index (χ4n) is 5.40. The number of rotatable bonds is 13. The van der Waals surface area contributed by atoms with E-state index in [2.05, 4.69) is 20.3 Å². The normalized spacial score (nSPS) is 12.1. The van der Waals surface area contributed by atoms with Gasteiger partial charge in [0.1, 0.15) is 17.4 Å². The summed E-state index contributed by atoms with van der Waals surface area (Å²) in [6.45, 7) is 3.89. The van der Waals surface area contributed by atoms with E-state index in [-0.39, 0.29) is 18.4 Å². The van der Waals surface area contributed by atoms with Gasteiger partial charge in [-0.3, -0.25) is 14.6 Å². The monoisotopic (exact) mass is 551 g/mol. The van der Waals surface area contributed by atoms with Gasteiger partial charge in [-0.2, -0.15) is 0 Å². The average Bonchev–Trinajstić information content (AvgIpc) is 3.60. The molecule has 1 amide bonds. The number of carbonyl (C=O) groups excluding carboxylic acids is 2. The SMILES string of the molecule is CCC(=O)CCCCC[C@H](NC(=O)Cc1c(C)[nH]c2ccc(OC)cc12)c1ncc(-c2cccc3cccnc23)[nH]1. The number of para-hydroxylation sites is 1. The van der Waals surface area contributed by atoms with Gasteiger partial charge in [-0.15, -0.1) is 0 Å². The Balaban J connectivity index is 1.36. The van der Waals surface area contributed by atoms with Crippen molar-refractivity contribution in [3.05, 3.63) is 78.0 Å². The van der Waals surface area contributed by atoms with Gasteiger partial charge in [0.15, 0.2) is 0 Å². The van der Waals surface area contributed by atoms with Crippen molar-refractivity contribution in [2.75, 3.05) is 7.11 Å². The molecule has 3 N–H and O–H groups in total. The first-order chi connectivity index (χ1) is 20.0. The molecule has 0 saturated carbocycles. The summed E-state index contributed by atoms with van der Waals surface area (Å²) in [5.41, 5.74) is 5.62. The Kier molecular flexibility index (Phi) is 8.77. The lowest BCUT2D eigenvalue weighted by Crippen LogP contribution is -2.30. The number of nitrogens with one attached hydrogen (secondary N) is 3. The number of nitrogens with zero attached hydrogens (tertiary/aromatic N) is 2. The maximum atomic E-state index is 13.5. The Labute approximate surface area is 239 Å². The predicted octanol–water partition coefficient (Wildman–Crippen LogP) is 6.75. The molecule has 212 valence electrons. The van der Waals surface area contributed by atoms with E-state index in [9.17, 15) is 9.59 Å². The van der Waals surface area contributed by atoms with Crippen molar-refractivity contribution in [1.82, 2.24) is 25.3 Å². The third kappa shape index (κ3) is 6.48. The lowest BCUT2D eigenvalue weighted by molar-refractivity contribution is -0.121. The van der Waals surface area contributed by atoms with Crippen LogP contribution in [0.15, 0.2) is 60.9 Å². The first kappa shape index (κ1) is 28.1. The first-order valence-corrected chi connectivity index (χ1v) is 14.3. The second kappa shape index (κ2) is 12.8. The van der Waals surface area contributed by atoms with Crippen LogP contribution in [0.2, 0.25) is 0 Å². The Morgan fingerprint density at radius 3 is 2.71 bits per heavy atom. The highest BCUT2D eigenvalue weighted by Crippen LogP contribution is 2.29. The molecule has 5 aromatic rings. The summed E-state index contributed by atoms with van der Waals surface area (Å²) in [4.78, 5) is 41.3. The molecule has 3 aromatic heterocycles. The average molecular weight is 552 g/mol. The quantitative estimate of drug-likeness (QED) is 0.140. The fraction of sp³-hybridized carbons (Fsp3) is 0.333. The van der Waals surface area contributed by atoms with Crippen LogP contribution in [0.5, 0.6) is 5.75 Å². The van der Waals surface area contributed by atoms with Gasteiger partial charge in [-0.25, -0.2) is 4.98 Å². The summed E-state index contributed by atoms with van der Waals surface area (Å²) < 4.78 is 5.41. The highest BCUT2D eigenvalue weighted by Gasteiger charge is 2.21. The number of methoxy groups -OCH3 is 1. The number of ketones is 1. The molecule has 3 heterocycles. The van der Waals surface area contributed by atoms with Crippen molar-refractivity contribution >= 4 is 33.5 Å². The second-order valence-electron chi connectivity index (χ2n) is 10.5.